The fourth-order valence-corrected chi connectivity index (χ4v) is 3.12. The van der Waals surface area contributed by atoms with E-state index < -0.39 is 0 Å². The summed E-state index contributed by atoms with van der Waals surface area (Å²) in [6, 6.07) is 5.19. The molecule has 0 radical (unpaired) electrons. The zero-order valence-corrected chi connectivity index (χ0v) is 10.9. The van der Waals surface area contributed by atoms with Crippen LogP contribution in [0.4, 0.5) is 0 Å². The average Bonchev–Trinajstić information content (AvgIpc) is 2.19. The molecule has 1 aliphatic rings. The zero-order chi connectivity index (χ0) is 11.7. The highest BCUT2D eigenvalue weighted by Gasteiger charge is 2.24. The molecule has 88 valence electrons. The minimum atomic E-state index is 0.564. The van der Waals surface area contributed by atoms with Crippen LogP contribution in [0.5, 0.6) is 0 Å². The van der Waals surface area contributed by atoms with E-state index in [2.05, 4.69) is 45.1 Å². The summed E-state index contributed by atoms with van der Waals surface area (Å²) in [6.45, 7) is 10.2. The lowest BCUT2D eigenvalue weighted by atomic mass is 9.83. The van der Waals surface area contributed by atoms with Gasteiger partial charge in [-0.2, -0.15) is 0 Å². The van der Waals surface area contributed by atoms with Crippen molar-refractivity contribution in [3.05, 3.63) is 34.4 Å². The molecule has 2 atom stereocenters. The molecule has 1 heteroatoms. The number of rotatable bonds is 1. The summed E-state index contributed by atoms with van der Waals surface area (Å²) in [5.74, 6) is 0.758. The van der Waals surface area contributed by atoms with Crippen molar-refractivity contribution >= 4 is 0 Å². The minimum Gasteiger partial charge on any atom is -0.310 e. The Labute approximate surface area is 99.3 Å². The van der Waals surface area contributed by atoms with Crippen LogP contribution in [0, 0.1) is 26.7 Å². The summed E-state index contributed by atoms with van der Waals surface area (Å²) in [5.41, 5.74) is 5.81. The third-order valence-electron chi connectivity index (χ3n) is 3.82. The Hall–Kier alpha value is -0.820. The van der Waals surface area contributed by atoms with Crippen molar-refractivity contribution in [3.63, 3.8) is 0 Å². The van der Waals surface area contributed by atoms with Gasteiger partial charge in [0.2, 0.25) is 0 Å². The van der Waals surface area contributed by atoms with Crippen LogP contribution in [-0.4, -0.2) is 6.54 Å². The van der Waals surface area contributed by atoms with E-state index in [9.17, 15) is 0 Å². The number of hydrogen-bond acceptors (Lipinski definition) is 1. The molecule has 1 nitrogen and oxygen atoms in total. The summed E-state index contributed by atoms with van der Waals surface area (Å²) < 4.78 is 0. The molecule has 2 rings (SSSR count). The van der Waals surface area contributed by atoms with Crippen LogP contribution in [0.2, 0.25) is 0 Å². The lowest BCUT2D eigenvalue weighted by Crippen LogP contribution is -2.33. The van der Waals surface area contributed by atoms with Crippen LogP contribution in [0.25, 0.3) is 0 Å². The van der Waals surface area contributed by atoms with E-state index in [1.54, 1.807) is 0 Å². The van der Waals surface area contributed by atoms with Crippen molar-refractivity contribution in [3.8, 4) is 0 Å². The summed E-state index contributed by atoms with van der Waals surface area (Å²) in [5, 5.41) is 3.69. The molecule has 16 heavy (non-hydrogen) atoms. The first kappa shape index (κ1) is 11.7. The Bertz CT molecular complexity index is 358. The second-order valence-electron chi connectivity index (χ2n) is 5.36. The van der Waals surface area contributed by atoms with Gasteiger partial charge in [0.15, 0.2) is 0 Å². The number of hydrogen-bond donors (Lipinski definition) is 1. The first-order valence-corrected chi connectivity index (χ1v) is 6.40. The minimum absolute atomic E-state index is 0.564. The van der Waals surface area contributed by atoms with Crippen LogP contribution in [0.1, 0.15) is 48.1 Å². The largest absolute Gasteiger partial charge is 0.310 e. The third-order valence-corrected chi connectivity index (χ3v) is 3.82. The van der Waals surface area contributed by atoms with Gasteiger partial charge < -0.3 is 5.32 Å². The Morgan fingerprint density at radius 3 is 2.31 bits per heavy atom. The predicted molar refractivity (Wildman–Crippen MR) is 69.8 cm³/mol. The van der Waals surface area contributed by atoms with Crippen molar-refractivity contribution in [2.24, 2.45) is 5.92 Å². The van der Waals surface area contributed by atoms with Crippen molar-refractivity contribution in [1.29, 1.82) is 0 Å². The molecule has 0 saturated carbocycles. The molecule has 1 aromatic carbocycles. The van der Waals surface area contributed by atoms with Crippen molar-refractivity contribution < 1.29 is 0 Å². The van der Waals surface area contributed by atoms with E-state index in [1.807, 2.05) is 0 Å². The highest BCUT2D eigenvalue weighted by molar-refractivity contribution is 5.40. The van der Waals surface area contributed by atoms with Gasteiger partial charge in [0, 0.05) is 6.04 Å². The fraction of sp³-hybridized carbons (Fsp3) is 0.600. The molecule has 0 bridgehead atoms. The van der Waals surface area contributed by atoms with Crippen molar-refractivity contribution in [2.75, 3.05) is 6.54 Å². The molecule has 1 aliphatic heterocycles. The van der Waals surface area contributed by atoms with Crippen LogP contribution < -0.4 is 5.32 Å². The molecule has 1 fully saturated rings. The normalized spacial score (nSPS) is 25.8. The van der Waals surface area contributed by atoms with Crippen LogP contribution >= 0.6 is 0 Å². The van der Waals surface area contributed by atoms with Gasteiger partial charge in [0.1, 0.15) is 0 Å². The molecule has 1 aromatic rings. The Morgan fingerprint density at radius 1 is 1.12 bits per heavy atom. The Balaban J connectivity index is 2.38. The summed E-state index contributed by atoms with van der Waals surface area (Å²) in [4.78, 5) is 0. The molecular weight excluding hydrogens is 194 g/mol. The first-order chi connectivity index (χ1) is 7.59. The van der Waals surface area contributed by atoms with E-state index in [1.165, 1.54) is 41.6 Å². The van der Waals surface area contributed by atoms with Gasteiger partial charge in [-0.05, 0) is 62.8 Å². The van der Waals surface area contributed by atoms with Crippen molar-refractivity contribution in [1.82, 2.24) is 5.32 Å². The molecule has 0 aromatic heterocycles. The van der Waals surface area contributed by atoms with Gasteiger partial charge in [-0.15, -0.1) is 0 Å². The first-order valence-electron chi connectivity index (χ1n) is 6.40. The molecule has 1 heterocycles. The number of benzene rings is 1. The number of piperidine rings is 1. The van der Waals surface area contributed by atoms with Gasteiger partial charge in [-0.3, -0.25) is 0 Å². The SMILES string of the molecule is Cc1cc(C)c(C2NCCCC2C)c(C)c1. The predicted octanol–water partition coefficient (Wildman–Crippen LogP) is 3.67. The molecular formula is C15H23N. The lowest BCUT2D eigenvalue weighted by molar-refractivity contribution is 0.304. The molecule has 2 unspecified atom stereocenters. The number of aryl methyl sites for hydroxylation is 3. The maximum Gasteiger partial charge on any atom is 0.0351 e. The summed E-state index contributed by atoms with van der Waals surface area (Å²) >= 11 is 0. The van der Waals surface area contributed by atoms with E-state index >= 15 is 0 Å². The van der Waals surface area contributed by atoms with E-state index in [-0.39, 0.29) is 0 Å². The topological polar surface area (TPSA) is 12.0 Å². The maximum absolute atomic E-state index is 3.69. The third kappa shape index (κ3) is 2.15. The van der Waals surface area contributed by atoms with E-state index in [4.69, 9.17) is 0 Å². The Morgan fingerprint density at radius 2 is 1.75 bits per heavy atom. The molecule has 1 saturated heterocycles. The summed E-state index contributed by atoms with van der Waals surface area (Å²) in [7, 11) is 0. The van der Waals surface area contributed by atoms with E-state index in [0.717, 1.165) is 5.92 Å². The monoisotopic (exact) mass is 217 g/mol. The summed E-state index contributed by atoms with van der Waals surface area (Å²) in [6.07, 6.45) is 2.67. The lowest BCUT2D eigenvalue weighted by Gasteiger charge is -2.32. The molecule has 0 amide bonds. The average molecular weight is 217 g/mol. The van der Waals surface area contributed by atoms with Gasteiger partial charge in [0.05, 0.1) is 0 Å². The smallest absolute Gasteiger partial charge is 0.0351 e. The van der Waals surface area contributed by atoms with Crippen LogP contribution in [-0.2, 0) is 0 Å². The highest BCUT2D eigenvalue weighted by atomic mass is 14.9. The second-order valence-corrected chi connectivity index (χ2v) is 5.36. The second kappa shape index (κ2) is 4.58. The number of nitrogens with one attached hydrogen (secondary N) is 1. The van der Waals surface area contributed by atoms with Gasteiger partial charge in [0.25, 0.3) is 0 Å². The van der Waals surface area contributed by atoms with Crippen LogP contribution in [0.3, 0.4) is 0 Å². The molecule has 1 N–H and O–H groups in total. The van der Waals surface area contributed by atoms with E-state index in [0.29, 0.717) is 6.04 Å². The van der Waals surface area contributed by atoms with Gasteiger partial charge >= 0.3 is 0 Å². The molecule has 0 aliphatic carbocycles. The van der Waals surface area contributed by atoms with Gasteiger partial charge in [-0.1, -0.05) is 24.6 Å². The van der Waals surface area contributed by atoms with Crippen LogP contribution in [0.15, 0.2) is 12.1 Å². The maximum atomic E-state index is 3.69. The van der Waals surface area contributed by atoms with Gasteiger partial charge in [-0.25, -0.2) is 0 Å². The zero-order valence-electron chi connectivity index (χ0n) is 10.9. The Kier molecular flexibility index (Phi) is 3.34. The standard InChI is InChI=1S/C15H23N/c1-10-8-12(3)14(13(4)9-10)15-11(2)6-5-7-16-15/h8-9,11,15-16H,5-7H2,1-4H3. The quantitative estimate of drug-likeness (QED) is 0.757. The molecule has 0 spiro atoms. The highest BCUT2D eigenvalue weighted by Crippen LogP contribution is 2.33. The van der Waals surface area contributed by atoms with Crippen molar-refractivity contribution in [2.45, 2.75) is 46.6 Å². The fourth-order valence-electron chi connectivity index (χ4n) is 3.12.